The summed E-state index contributed by atoms with van der Waals surface area (Å²) in [4.78, 5) is 4.61. The van der Waals surface area contributed by atoms with Crippen LogP contribution >= 0.6 is 0 Å². The van der Waals surface area contributed by atoms with E-state index in [0.717, 1.165) is 31.0 Å². The van der Waals surface area contributed by atoms with Crippen LogP contribution in [-0.2, 0) is 6.42 Å². The molecule has 1 aromatic heterocycles. The maximum absolute atomic E-state index is 4.61. The van der Waals surface area contributed by atoms with Crippen molar-refractivity contribution in [3.63, 3.8) is 0 Å². The molecule has 1 atom stereocenters. The molecule has 3 rings (SSSR count). The molecule has 0 spiro atoms. The number of hydrogen-bond acceptors (Lipinski definition) is 2. The first kappa shape index (κ1) is 11.3. The summed E-state index contributed by atoms with van der Waals surface area (Å²) < 4.78 is 2.28. The zero-order valence-corrected chi connectivity index (χ0v) is 11.0. The quantitative estimate of drug-likeness (QED) is 0.875. The predicted octanol–water partition coefficient (Wildman–Crippen LogP) is 3.16. The Labute approximate surface area is 108 Å². The van der Waals surface area contributed by atoms with E-state index in [-0.39, 0.29) is 0 Å². The Bertz CT molecular complexity index is 539. The highest BCUT2D eigenvalue weighted by atomic mass is 15.2. The van der Waals surface area contributed by atoms with Crippen LogP contribution in [0.3, 0.4) is 0 Å². The number of fused-ring (bicyclic) bond motifs is 1. The molecule has 18 heavy (non-hydrogen) atoms. The summed E-state index contributed by atoms with van der Waals surface area (Å²) in [6.45, 7) is 5.28. The molecule has 1 unspecified atom stereocenters. The number of aryl methyl sites for hydroxylation is 2. The van der Waals surface area contributed by atoms with E-state index in [1.54, 1.807) is 0 Å². The standard InChI is InChI=1S/C15H19N3/c1-3-13-10-18-14(8-9-16-15(18)17-13)12-6-4-11(2)5-7-12/h4-7,10,14H,3,8-9H2,1-2H3,(H,16,17). The molecular weight excluding hydrogens is 222 g/mol. The van der Waals surface area contributed by atoms with E-state index in [2.05, 4.69) is 59.2 Å². The van der Waals surface area contributed by atoms with E-state index in [4.69, 9.17) is 0 Å². The van der Waals surface area contributed by atoms with Gasteiger partial charge in [0.05, 0.1) is 11.7 Å². The van der Waals surface area contributed by atoms with Gasteiger partial charge in [0.2, 0.25) is 5.95 Å². The second kappa shape index (κ2) is 4.48. The van der Waals surface area contributed by atoms with Gasteiger partial charge in [0.15, 0.2) is 0 Å². The van der Waals surface area contributed by atoms with E-state index in [9.17, 15) is 0 Å². The molecule has 1 aliphatic heterocycles. The fourth-order valence-electron chi connectivity index (χ4n) is 2.56. The maximum atomic E-state index is 4.61. The second-order valence-electron chi connectivity index (χ2n) is 4.96. The van der Waals surface area contributed by atoms with E-state index in [0.29, 0.717) is 6.04 Å². The molecule has 2 aromatic rings. The van der Waals surface area contributed by atoms with E-state index in [1.807, 2.05) is 0 Å². The van der Waals surface area contributed by atoms with Crippen molar-refractivity contribution in [1.29, 1.82) is 0 Å². The number of aromatic nitrogens is 2. The lowest BCUT2D eigenvalue weighted by molar-refractivity contribution is 0.530. The fraction of sp³-hybridized carbons (Fsp3) is 0.400. The minimum atomic E-state index is 0.426. The molecule has 1 aromatic carbocycles. The first-order chi connectivity index (χ1) is 8.78. The lowest BCUT2D eigenvalue weighted by atomic mass is 10.0. The third-order valence-electron chi connectivity index (χ3n) is 3.64. The molecule has 0 radical (unpaired) electrons. The lowest BCUT2D eigenvalue weighted by Gasteiger charge is -2.26. The molecule has 0 saturated carbocycles. The van der Waals surface area contributed by atoms with Crippen molar-refractivity contribution < 1.29 is 0 Å². The zero-order chi connectivity index (χ0) is 12.5. The maximum Gasteiger partial charge on any atom is 0.203 e. The topological polar surface area (TPSA) is 29.9 Å². The molecule has 94 valence electrons. The Balaban J connectivity index is 2.00. The molecule has 0 aliphatic carbocycles. The van der Waals surface area contributed by atoms with Crippen molar-refractivity contribution >= 4 is 5.95 Å². The summed E-state index contributed by atoms with van der Waals surface area (Å²) in [5.41, 5.74) is 3.85. The van der Waals surface area contributed by atoms with Crippen LogP contribution in [0, 0.1) is 6.92 Å². The van der Waals surface area contributed by atoms with Crippen molar-refractivity contribution in [1.82, 2.24) is 9.55 Å². The van der Waals surface area contributed by atoms with Crippen LogP contribution in [0.2, 0.25) is 0 Å². The average Bonchev–Trinajstić information content (AvgIpc) is 2.82. The largest absolute Gasteiger partial charge is 0.356 e. The summed E-state index contributed by atoms with van der Waals surface area (Å²) >= 11 is 0. The van der Waals surface area contributed by atoms with Gasteiger partial charge >= 0.3 is 0 Å². The van der Waals surface area contributed by atoms with Crippen molar-refractivity contribution in [2.75, 3.05) is 11.9 Å². The molecule has 1 N–H and O–H groups in total. The highest BCUT2D eigenvalue weighted by Crippen LogP contribution is 2.30. The molecule has 0 bridgehead atoms. The van der Waals surface area contributed by atoms with Gasteiger partial charge in [-0.3, -0.25) is 0 Å². The smallest absolute Gasteiger partial charge is 0.203 e. The Morgan fingerprint density at radius 2 is 2.11 bits per heavy atom. The van der Waals surface area contributed by atoms with Gasteiger partial charge in [0.25, 0.3) is 0 Å². The minimum Gasteiger partial charge on any atom is -0.356 e. The Hall–Kier alpha value is -1.77. The number of anilines is 1. The second-order valence-corrected chi connectivity index (χ2v) is 4.96. The van der Waals surface area contributed by atoms with E-state index >= 15 is 0 Å². The van der Waals surface area contributed by atoms with E-state index < -0.39 is 0 Å². The first-order valence-corrected chi connectivity index (χ1v) is 6.66. The SMILES string of the molecule is CCc1cn2c(n1)NCCC2c1ccc(C)cc1. The Morgan fingerprint density at radius 1 is 1.33 bits per heavy atom. The third-order valence-corrected chi connectivity index (χ3v) is 3.64. The minimum absolute atomic E-state index is 0.426. The lowest BCUT2D eigenvalue weighted by Crippen LogP contribution is -2.23. The monoisotopic (exact) mass is 241 g/mol. The molecule has 3 heteroatoms. The number of nitrogens with zero attached hydrogens (tertiary/aromatic N) is 2. The summed E-state index contributed by atoms with van der Waals surface area (Å²) in [5.74, 6) is 1.02. The van der Waals surface area contributed by atoms with Crippen molar-refractivity contribution in [2.45, 2.75) is 32.7 Å². The normalized spacial score (nSPS) is 18.2. The fourth-order valence-corrected chi connectivity index (χ4v) is 2.56. The van der Waals surface area contributed by atoms with Gasteiger partial charge < -0.3 is 9.88 Å². The molecule has 0 amide bonds. The third kappa shape index (κ3) is 1.90. The van der Waals surface area contributed by atoms with Crippen LogP contribution in [0.5, 0.6) is 0 Å². The zero-order valence-electron chi connectivity index (χ0n) is 11.0. The highest BCUT2D eigenvalue weighted by Gasteiger charge is 2.22. The van der Waals surface area contributed by atoms with Crippen LogP contribution in [-0.4, -0.2) is 16.1 Å². The van der Waals surface area contributed by atoms with Crippen LogP contribution < -0.4 is 5.32 Å². The number of imidazole rings is 1. The Morgan fingerprint density at radius 3 is 2.83 bits per heavy atom. The molecule has 0 saturated heterocycles. The van der Waals surface area contributed by atoms with Crippen LogP contribution in [0.4, 0.5) is 5.95 Å². The average molecular weight is 241 g/mol. The predicted molar refractivity (Wildman–Crippen MR) is 74.0 cm³/mol. The van der Waals surface area contributed by atoms with E-state index in [1.165, 1.54) is 11.1 Å². The number of nitrogens with one attached hydrogen (secondary N) is 1. The van der Waals surface area contributed by atoms with Crippen molar-refractivity contribution in [3.05, 3.63) is 47.3 Å². The summed E-state index contributed by atoms with van der Waals surface area (Å²) in [5, 5.41) is 3.38. The molecule has 3 nitrogen and oxygen atoms in total. The number of benzene rings is 1. The summed E-state index contributed by atoms with van der Waals surface area (Å²) in [6.07, 6.45) is 4.30. The Kier molecular flexibility index (Phi) is 2.82. The highest BCUT2D eigenvalue weighted by molar-refractivity contribution is 5.36. The number of hydrogen-bond donors (Lipinski definition) is 1. The molecule has 1 aliphatic rings. The summed E-state index contributed by atoms with van der Waals surface area (Å²) in [6, 6.07) is 9.28. The van der Waals surface area contributed by atoms with Gasteiger partial charge in [-0.1, -0.05) is 36.8 Å². The van der Waals surface area contributed by atoms with Gasteiger partial charge in [-0.25, -0.2) is 4.98 Å². The van der Waals surface area contributed by atoms with Crippen LogP contribution in [0.15, 0.2) is 30.5 Å². The molecule has 0 fully saturated rings. The summed E-state index contributed by atoms with van der Waals surface area (Å²) in [7, 11) is 0. The molecule has 2 heterocycles. The van der Waals surface area contributed by atoms with Crippen molar-refractivity contribution in [3.8, 4) is 0 Å². The number of rotatable bonds is 2. The van der Waals surface area contributed by atoms with Crippen molar-refractivity contribution in [2.24, 2.45) is 0 Å². The van der Waals surface area contributed by atoms with Gasteiger partial charge in [0.1, 0.15) is 0 Å². The van der Waals surface area contributed by atoms with Gasteiger partial charge in [0, 0.05) is 12.7 Å². The van der Waals surface area contributed by atoms with Crippen LogP contribution in [0.1, 0.15) is 36.2 Å². The van der Waals surface area contributed by atoms with Gasteiger partial charge in [-0.05, 0) is 25.3 Å². The van der Waals surface area contributed by atoms with Gasteiger partial charge in [-0.15, -0.1) is 0 Å². The first-order valence-electron chi connectivity index (χ1n) is 6.66. The molecular formula is C15H19N3. The van der Waals surface area contributed by atoms with Crippen LogP contribution in [0.25, 0.3) is 0 Å². The van der Waals surface area contributed by atoms with Gasteiger partial charge in [-0.2, -0.15) is 0 Å².